The Hall–Kier alpha value is -0.910. The third-order valence-corrected chi connectivity index (χ3v) is 4.57. The van der Waals surface area contributed by atoms with Crippen molar-refractivity contribution in [3.05, 3.63) is 21.9 Å². The minimum Gasteiger partial charge on any atom is -0.385 e. The molecule has 0 saturated heterocycles. The summed E-state index contributed by atoms with van der Waals surface area (Å²) in [7, 11) is 1.66. The Morgan fingerprint density at radius 3 is 3.32 bits per heavy atom. The van der Waals surface area contributed by atoms with E-state index < -0.39 is 6.04 Å². The fourth-order valence-corrected chi connectivity index (χ4v) is 3.48. The van der Waals surface area contributed by atoms with Crippen molar-refractivity contribution in [1.29, 1.82) is 0 Å². The number of hydrogen-bond acceptors (Lipinski definition) is 4. The maximum Gasteiger partial charge on any atom is 0.237 e. The van der Waals surface area contributed by atoms with Crippen molar-refractivity contribution in [2.24, 2.45) is 5.73 Å². The molecule has 0 radical (unpaired) electrons. The molecule has 2 rings (SSSR count). The topological polar surface area (TPSA) is 64.3 Å². The first-order valence-electron chi connectivity index (χ1n) is 6.83. The molecule has 3 N–H and O–H groups in total. The molecule has 4 nitrogen and oxygen atoms in total. The van der Waals surface area contributed by atoms with Gasteiger partial charge in [-0.1, -0.05) is 0 Å². The summed E-state index contributed by atoms with van der Waals surface area (Å²) in [5, 5.41) is 5.19. The molecule has 5 heteroatoms. The Bertz CT molecular complexity index is 419. The molecule has 0 saturated carbocycles. The minimum atomic E-state index is -0.431. The van der Waals surface area contributed by atoms with E-state index >= 15 is 0 Å². The van der Waals surface area contributed by atoms with Crippen LogP contribution in [0.4, 0.5) is 0 Å². The molecular formula is C14H22N2O2S. The first-order valence-corrected chi connectivity index (χ1v) is 7.71. The van der Waals surface area contributed by atoms with Gasteiger partial charge in [-0.2, -0.15) is 0 Å². The van der Waals surface area contributed by atoms with Gasteiger partial charge in [0.25, 0.3) is 0 Å². The first-order chi connectivity index (χ1) is 9.22. The highest BCUT2D eigenvalue weighted by Crippen LogP contribution is 2.33. The number of nitrogens with one attached hydrogen (secondary N) is 1. The molecule has 0 fully saturated rings. The first kappa shape index (κ1) is 14.5. The summed E-state index contributed by atoms with van der Waals surface area (Å²) in [5.74, 6) is -0.0415. The zero-order valence-electron chi connectivity index (χ0n) is 11.4. The number of amides is 1. The van der Waals surface area contributed by atoms with Crippen LogP contribution in [0.2, 0.25) is 0 Å². The Morgan fingerprint density at radius 1 is 1.68 bits per heavy atom. The maximum absolute atomic E-state index is 12.1. The molecule has 2 atom stereocenters. The highest BCUT2D eigenvalue weighted by atomic mass is 32.1. The summed E-state index contributed by atoms with van der Waals surface area (Å²) in [5.41, 5.74) is 7.19. The van der Waals surface area contributed by atoms with Crippen LogP contribution in [0.5, 0.6) is 0 Å². The van der Waals surface area contributed by atoms with E-state index in [9.17, 15) is 4.79 Å². The lowest BCUT2D eigenvalue weighted by Crippen LogP contribution is -2.42. The van der Waals surface area contributed by atoms with Crippen molar-refractivity contribution in [2.45, 2.75) is 44.2 Å². The zero-order chi connectivity index (χ0) is 13.7. The smallest absolute Gasteiger partial charge is 0.237 e. The lowest BCUT2D eigenvalue weighted by molar-refractivity contribution is -0.123. The van der Waals surface area contributed by atoms with E-state index in [2.05, 4.69) is 16.8 Å². The molecule has 1 aromatic rings. The monoisotopic (exact) mass is 282 g/mol. The molecule has 2 unspecified atom stereocenters. The number of carbonyl (C=O) groups excluding carboxylic acids is 1. The fraction of sp³-hybridized carbons (Fsp3) is 0.643. The average molecular weight is 282 g/mol. The quantitative estimate of drug-likeness (QED) is 0.784. The molecule has 1 amide bonds. The largest absolute Gasteiger partial charge is 0.385 e. The standard InChI is InChI=1S/C14H22N2O2S/c1-18-8-3-4-11(15)14(17)16-12-5-2-6-13-10(12)7-9-19-13/h7,9,11-12H,2-6,8,15H2,1H3,(H,16,17). The number of rotatable bonds is 6. The molecule has 106 valence electrons. The number of hydrogen-bond donors (Lipinski definition) is 2. The van der Waals surface area contributed by atoms with Crippen LogP contribution in [0, 0.1) is 0 Å². The zero-order valence-corrected chi connectivity index (χ0v) is 12.2. The van der Waals surface area contributed by atoms with Gasteiger partial charge in [0.15, 0.2) is 0 Å². The third-order valence-electron chi connectivity index (χ3n) is 3.57. The molecule has 0 aliphatic heterocycles. The molecule has 0 bridgehead atoms. The van der Waals surface area contributed by atoms with E-state index in [1.807, 2.05) is 0 Å². The van der Waals surface area contributed by atoms with Crippen LogP contribution in [0.1, 0.15) is 42.2 Å². The van der Waals surface area contributed by atoms with Crippen molar-refractivity contribution < 1.29 is 9.53 Å². The van der Waals surface area contributed by atoms with Gasteiger partial charge < -0.3 is 15.8 Å². The van der Waals surface area contributed by atoms with Gasteiger partial charge in [-0.3, -0.25) is 4.79 Å². The molecular weight excluding hydrogens is 260 g/mol. The van der Waals surface area contributed by atoms with Gasteiger partial charge in [-0.05, 0) is 49.1 Å². The van der Waals surface area contributed by atoms with Gasteiger partial charge in [0.05, 0.1) is 12.1 Å². The van der Waals surface area contributed by atoms with Crippen LogP contribution >= 0.6 is 11.3 Å². The van der Waals surface area contributed by atoms with Crippen molar-refractivity contribution in [2.75, 3.05) is 13.7 Å². The van der Waals surface area contributed by atoms with E-state index in [1.165, 1.54) is 10.4 Å². The average Bonchev–Trinajstić information content (AvgIpc) is 2.88. The SMILES string of the molecule is COCCCC(N)C(=O)NC1CCCc2sccc21. The van der Waals surface area contributed by atoms with Crippen LogP contribution in [-0.4, -0.2) is 25.7 Å². The van der Waals surface area contributed by atoms with Gasteiger partial charge in [0.2, 0.25) is 5.91 Å². The predicted molar refractivity (Wildman–Crippen MR) is 77.2 cm³/mol. The van der Waals surface area contributed by atoms with Crippen molar-refractivity contribution >= 4 is 17.2 Å². The minimum absolute atomic E-state index is 0.0415. The van der Waals surface area contributed by atoms with Crippen LogP contribution in [0.25, 0.3) is 0 Å². The summed E-state index contributed by atoms with van der Waals surface area (Å²) >= 11 is 1.78. The van der Waals surface area contributed by atoms with Crippen LogP contribution < -0.4 is 11.1 Å². The highest BCUT2D eigenvalue weighted by molar-refractivity contribution is 7.10. The van der Waals surface area contributed by atoms with Gasteiger partial charge in [0.1, 0.15) is 0 Å². The molecule has 1 aromatic heterocycles. The van der Waals surface area contributed by atoms with Crippen LogP contribution in [0.3, 0.4) is 0 Å². The summed E-state index contributed by atoms with van der Waals surface area (Å²) in [6.45, 7) is 0.652. The number of methoxy groups -OCH3 is 1. The van der Waals surface area contributed by atoms with Gasteiger partial charge in [-0.25, -0.2) is 0 Å². The number of aryl methyl sites for hydroxylation is 1. The highest BCUT2D eigenvalue weighted by Gasteiger charge is 2.24. The van der Waals surface area contributed by atoms with Gasteiger partial charge in [0, 0.05) is 18.6 Å². The maximum atomic E-state index is 12.1. The Balaban J connectivity index is 1.86. The summed E-state index contributed by atoms with van der Waals surface area (Å²) in [6.07, 6.45) is 4.78. The Kier molecular flexibility index (Phi) is 5.36. The molecule has 19 heavy (non-hydrogen) atoms. The number of nitrogens with two attached hydrogens (primary N) is 1. The van der Waals surface area contributed by atoms with E-state index in [4.69, 9.17) is 10.5 Å². The molecule has 0 spiro atoms. The van der Waals surface area contributed by atoms with Gasteiger partial charge >= 0.3 is 0 Å². The molecule has 0 aromatic carbocycles. The number of fused-ring (bicyclic) bond motifs is 1. The summed E-state index contributed by atoms with van der Waals surface area (Å²) in [6, 6.07) is 1.84. The van der Waals surface area contributed by atoms with Gasteiger partial charge in [-0.15, -0.1) is 11.3 Å². The lowest BCUT2D eigenvalue weighted by atomic mass is 9.93. The van der Waals surface area contributed by atoms with E-state index in [-0.39, 0.29) is 11.9 Å². The molecule has 1 aliphatic carbocycles. The van der Waals surface area contributed by atoms with Crippen molar-refractivity contribution in [1.82, 2.24) is 5.32 Å². The number of carbonyl (C=O) groups is 1. The molecule has 1 aliphatic rings. The van der Waals surface area contributed by atoms with Crippen LogP contribution in [-0.2, 0) is 16.0 Å². The third kappa shape index (κ3) is 3.78. The Labute approximate surface area is 118 Å². The summed E-state index contributed by atoms with van der Waals surface area (Å²) < 4.78 is 4.97. The fourth-order valence-electron chi connectivity index (χ4n) is 2.49. The van der Waals surface area contributed by atoms with Crippen molar-refractivity contribution in [3.63, 3.8) is 0 Å². The van der Waals surface area contributed by atoms with E-state index in [0.717, 1.165) is 25.7 Å². The summed E-state index contributed by atoms with van der Waals surface area (Å²) in [4.78, 5) is 13.5. The molecule has 1 heterocycles. The van der Waals surface area contributed by atoms with Crippen molar-refractivity contribution in [3.8, 4) is 0 Å². The number of thiophene rings is 1. The van der Waals surface area contributed by atoms with Crippen LogP contribution in [0.15, 0.2) is 11.4 Å². The number of ether oxygens (including phenoxy) is 1. The normalized spacial score (nSPS) is 19.8. The second kappa shape index (κ2) is 7.03. The van der Waals surface area contributed by atoms with E-state index in [1.54, 1.807) is 18.4 Å². The second-order valence-corrected chi connectivity index (χ2v) is 5.99. The predicted octanol–water partition coefficient (Wildman–Crippen LogP) is 2.00. The lowest BCUT2D eigenvalue weighted by Gasteiger charge is -2.25. The van der Waals surface area contributed by atoms with E-state index in [0.29, 0.717) is 13.0 Å². The Morgan fingerprint density at radius 2 is 2.53 bits per heavy atom. The second-order valence-electron chi connectivity index (χ2n) is 4.99.